The van der Waals surface area contributed by atoms with Crippen molar-refractivity contribution in [2.45, 2.75) is 45.4 Å². The zero-order valence-electron chi connectivity index (χ0n) is 11.6. The lowest BCUT2D eigenvalue weighted by molar-refractivity contribution is 0.0603. The molecule has 1 heterocycles. The van der Waals surface area contributed by atoms with Crippen molar-refractivity contribution in [3.8, 4) is 0 Å². The summed E-state index contributed by atoms with van der Waals surface area (Å²) in [6.07, 6.45) is 2.87. The van der Waals surface area contributed by atoms with Crippen molar-refractivity contribution in [3.05, 3.63) is 15.6 Å². The number of methoxy groups -OCH3 is 1. The molecule has 102 valence electrons. The molecule has 0 aliphatic carbocycles. The number of thiazole rings is 1. The Morgan fingerprint density at radius 1 is 1.39 bits per heavy atom. The van der Waals surface area contributed by atoms with E-state index in [2.05, 4.69) is 25.8 Å². The smallest absolute Gasteiger partial charge is 0.350 e. The van der Waals surface area contributed by atoms with Gasteiger partial charge in [-0.15, -0.1) is 11.3 Å². The van der Waals surface area contributed by atoms with Crippen LogP contribution < -0.4 is 5.73 Å². The van der Waals surface area contributed by atoms with Crippen molar-refractivity contribution in [2.75, 3.05) is 13.7 Å². The van der Waals surface area contributed by atoms with Crippen molar-refractivity contribution >= 4 is 17.3 Å². The molecular formula is C13H22N2O2S. The lowest BCUT2D eigenvalue weighted by Gasteiger charge is -2.16. The Hall–Kier alpha value is -0.940. The van der Waals surface area contributed by atoms with E-state index in [1.807, 2.05) is 0 Å². The van der Waals surface area contributed by atoms with Crippen LogP contribution >= 0.6 is 11.3 Å². The molecular weight excluding hydrogens is 248 g/mol. The first kappa shape index (κ1) is 15.1. The summed E-state index contributed by atoms with van der Waals surface area (Å²) in [5, 5.41) is 0.994. The number of nitrogens with two attached hydrogens (primary N) is 1. The van der Waals surface area contributed by atoms with Gasteiger partial charge in [-0.05, 0) is 25.8 Å². The van der Waals surface area contributed by atoms with Crippen LogP contribution in [0.15, 0.2) is 0 Å². The topological polar surface area (TPSA) is 65.2 Å². The summed E-state index contributed by atoms with van der Waals surface area (Å²) in [6, 6.07) is 0. The van der Waals surface area contributed by atoms with Gasteiger partial charge in [0.2, 0.25) is 0 Å². The summed E-state index contributed by atoms with van der Waals surface area (Å²) in [4.78, 5) is 17.0. The molecule has 1 rings (SSSR count). The van der Waals surface area contributed by atoms with E-state index >= 15 is 0 Å². The minimum atomic E-state index is -0.289. The van der Waals surface area contributed by atoms with Crippen molar-refractivity contribution in [1.82, 2.24) is 4.98 Å². The molecule has 0 aromatic carbocycles. The quantitative estimate of drug-likeness (QED) is 0.659. The molecule has 1 aromatic heterocycles. The Balaban J connectivity index is 2.97. The monoisotopic (exact) mass is 270 g/mol. The molecule has 0 aliphatic rings. The number of unbranched alkanes of at least 4 members (excludes halogenated alkanes) is 1. The van der Waals surface area contributed by atoms with Crippen LogP contribution in [0.2, 0.25) is 0 Å². The molecule has 0 atom stereocenters. The van der Waals surface area contributed by atoms with Crippen LogP contribution in [0.1, 0.15) is 54.0 Å². The van der Waals surface area contributed by atoms with Crippen LogP contribution in [0.3, 0.4) is 0 Å². The van der Waals surface area contributed by atoms with E-state index in [0.29, 0.717) is 11.4 Å². The summed E-state index contributed by atoms with van der Waals surface area (Å²) in [5.41, 5.74) is 6.16. The molecule has 0 aliphatic heterocycles. The van der Waals surface area contributed by atoms with Gasteiger partial charge in [-0.2, -0.15) is 0 Å². The third kappa shape index (κ3) is 3.78. The normalized spacial score (nSPS) is 11.6. The molecule has 0 amide bonds. The molecule has 4 nitrogen and oxygen atoms in total. The Bertz CT molecular complexity index is 408. The average Bonchev–Trinajstić information content (AvgIpc) is 2.72. The number of aryl methyl sites for hydroxylation is 1. The fourth-order valence-corrected chi connectivity index (χ4v) is 2.87. The molecule has 0 saturated heterocycles. The molecule has 0 unspecified atom stereocenters. The van der Waals surface area contributed by atoms with Gasteiger partial charge in [-0.25, -0.2) is 9.78 Å². The molecule has 18 heavy (non-hydrogen) atoms. The summed E-state index contributed by atoms with van der Waals surface area (Å²) in [6.45, 7) is 6.86. The average molecular weight is 270 g/mol. The second-order valence-corrected chi connectivity index (χ2v) is 6.36. The first-order valence-corrected chi connectivity index (χ1v) is 7.00. The van der Waals surface area contributed by atoms with Gasteiger partial charge in [0.15, 0.2) is 0 Å². The first-order valence-electron chi connectivity index (χ1n) is 6.18. The molecule has 0 saturated carbocycles. The SMILES string of the molecule is COC(=O)c1sc(CCCCN)nc1C(C)(C)C. The van der Waals surface area contributed by atoms with Crippen LogP contribution in [0.25, 0.3) is 0 Å². The Morgan fingerprint density at radius 2 is 2.06 bits per heavy atom. The van der Waals surface area contributed by atoms with Crippen molar-refractivity contribution in [3.63, 3.8) is 0 Å². The zero-order valence-corrected chi connectivity index (χ0v) is 12.4. The standard InChI is InChI=1S/C13H22N2O2S/c1-13(2,3)11-10(12(16)17-4)18-9(15-11)7-5-6-8-14/h5-8,14H2,1-4H3. The predicted molar refractivity (Wildman–Crippen MR) is 74.1 cm³/mol. The maximum Gasteiger partial charge on any atom is 0.350 e. The highest BCUT2D eigenvalue weighted by atomic mass is 32.1. The molecule has 0 bridgehead atoms. The predicted octanol–water partition coefficient (Wildman–Crippen LogP) is 2.51. The van der Waals surface area contributed by atoms with Gasteiger partial charge in [0.05, 0.1) is 17.8 Å². The highest BCUT2D eigenvalue weighted by Crippen LogP contribution is 2.30. The highest BCUT2D eigenvalue weighted by molar-refractivity contribution is 7.13. The van der Waals surface area contributed by atoms with Gasteiger partial charge >= 0.3 is 5.97 Å². The minimum Gasteiger partial charge on any atom is -0.465 e. The molecule has 0 fully saturated rings. The number of carbonyl (C=O) groups excluding carboxylic acids is 1. The molecule has 0 spiro atoms. The van der Waals surface area contributed by atoms with E-state index < -0.39 is 0 Å². The van der Waals surface area contributed by atoms with Crippen LogP contribution in [-0.4, -0.2) is 24.6 Å². The maximum atomic E-state index is 11.8. The minimum absolute atomic E-state index is 0.147. The second-order valence-electron chi connectivity index (χ2n) is 5.27. The van der Waals surface area contributed by atoms with E-state index in [0.717, 1.165) is 30.0 Å². The second kappa shape index (κ2) is 6.29. The van der Waals surface area contributed by atoms with Gasteiger partial charge in [0.1, 0.15) is 4.88 Å². The Kier molecular flexibility index (Phi) is 5.28. The van der Waals surface area contributed by atoms with Gasteiger partial charge in [-0.1, -0.05) is 20.8 Å². The van der Waals surface area contributed by atoms with E-state index in [1.165, 1.54) is 18.4 Å². The Labute approximate surface area is 113 Å². The van der Waals surface area contributed by atoms with Crippen molar-refractivity contribution in [1.29, 1.82) is 0 Å². The fraction of sp³-hybridized carbons (Fsp3) is 0.692. The molecule has 1 aromatic rings. The fourth-order valence-electron chi connectivity index (χ4n) is 1.63. The van der Waals surface area contributed by atoms with Gasteiger partial charge in [0.25, 0.3) is 0 Å². The maximum absolute atomic E-state index is 11.8. The number of rotatable bonds is 5. The summed E-state index contributed by atoms with van der Waals surface area (Å²) in [7, 11) is 1.41. The van der Waals surface area contributed by atoms with Crippen molar-refractivity contribution in [2.24, 2.45) is 5.73 Å². The van der Waals surface area contributed by atoms with E-state index in [1.54, 1.807) is 0 Å². The summed E-state index contributed by atoms with van der Waals surface area (Å²) >= 11 is 1.44. The largest absolute Gasteiger partial charge is 0.465 e. The first-order chi connectivity index (χ1) is 8.40. The Morgan fingerprint density at radius 3 is 2.56 bits per heavy atom. The number of aromatic nitrogens is 1. The lowest BCUT2D eigenvalue weighted by atomic mass is 9.91. The van der Waals surface area contributed by atoms with Gasteiger partial charge in [0, 0.05) is 5.41 Å². The number of esters is 1. The third-order valence-corrected chi connectivity index (χ3v) is 3.69. The highest BCUT2D eigenvalue weighted by Gasteiger charge is 2.27. The van der Waals surface area contributed by atoms with Crippen LogP contribution in [-0.2, 0) is 16.6 Å². The van der Waals surface area contributed by atoms with Gasteiger partial charge < -0.3 is 10.5 Å². The van der Waals surface area contributed by atoms with Gasteiger partial charge in [-0.3, -0.25) is 0 Å². The molecule has 0 radical (unpaired) electrons. The summed E-state index contributed by atoms with van der Waals surface area (Å²) in [5.74, 6) is -0.289. The zero-order chi connectivity index (χ0) is 13.8. The van der Waals surface area contributed by atoms with E-state index in [-0.39, 0.29) is 11.4 Å². The number of nitrogens with zero attached hydrogens (tertiary/aromatic N) is 1. The lowest BCUT2D eigenvalue weighted by Crippen LogP contribution is -2.16. The van der Waals surface area contributed by atoms with Crippen LogP contribution in [0, 0.1) is 0 Å². The van der Waals surface area contributed by atoms with Crippen molar-refractivity contribution < 1.29 is 9.53 Å². The summed E-state index contributed by atoms with van der Waals surface area (Å²) < 4.78 is 4.82. The number of carbonyl (C=O) groups is 1. The van der Waals surface area contributed by atoms with E-state index in [9.17, 15) is 4.79 Å². The molecule has 5 heteroatoms. The number of ether oxygens (including phenoxy) is 1. The molecule has 2 N–H and O–H groups in total. The third-order valence-electron chi connectivity index (χ3n) is 2.60. The number of hydrogen-bond donors (Lipinski definition) is 1. The van der Waals surface area contributed by atoms with E-state index in [4.69, 9.17) is 10.5 Å². The van der Waals surface area contributed by atoms with Crippen LogP contribution in [0.4, 0.5) is 0 Å². The number of hydrogen-bond acceptors (Lipinski definition) is 5. The van der Waals surface area contributed by atoms with Crippen LogP contribution in [0.5, 0.6) is 0 Å².